The molecule has 0 aliphatic heterocycles. The minimum Gasteiger partial charge on any atom is -0.494 e. The van der Waals surface area contributed by atoms with Gasteiger partial charge in [0, 0.05) is 23.5 Å². The number of unbranched alkanes of at least 4 members (excludes halogenated alkanes) is 1. The highest BCUT2D eigenvalue weighted by Gasteiger charge is 2.12. The van der Waals surface area contributed by atoms with Crippen molar-refractivity contribution >= 4 is 0 Å². The Morgan fingerprint density at radius 1 is 0.800 bits per heavy atom. The lowest BCUT2D eigenvalue weighted by atomic mass is 10.1. The summed E-state index contributed by atoms with van der Waals surface area (Å²) < 4.78 is 24.9. The summed E-state index contributed by atoms with van der Waals surface area (Å²) >= 11 is 0. The van der Waals surface area contributed by atoms with Crippen LogP contribution >= 0.6 is 0 Å². The molecule has 1 aromatic heterocycles. The molecule has 2 aromatic carbocycles. The van der Waals surface area contributed by atoms with Gasteiger partial charge in [-0.2, -0.15) is 0 Å². The number of nitrogens with zero attached hydrogens (tertiary/aromatic N) is 2. The molecule has 0 bridgehead atoms. The van der Waals surface area contributed by atoms with E-state index >= 15 is 0 Å². The first-order valence-corrected chi connectivity index (χ1v) is 10.5. The quantitative estimate of drug-likeness (QED) is 0.366. The van der Waals surface area contributed by atoms with Crippen LogP contribution in [0.15, 0.2) is 60.9 Å². The van der Waals surface area contributed by atoms with Crippen molar-refractivity contribution in [3.63, 3.8) is 0 Å². The van der Waals surface area contributed by atoms with Crippen LogP contribution in [0.3, 0.4) is 0 Å². The molecular formula is C25H29FN2O2. The highest BCUT2D eigenvalue weighted by molar-refractivity contribution is 5.64. The Balaban J connectivity index is 1.61. The summed E-state index contributed by atoms with van der Waals surface area (Å²) in [5.41, 5.74) is 2.87. The standard InChI is InChI=1S/C25H29FN2O2/c1-4-5-14-29-22-10-6-19(7-11-22)21-15-27-25(28-16-21)20-8-12-23(13-9-20)30-17-24(26)18(2)3/h6-13,15-16,18,24H,4-5,14,17H2,1-3H3. The lowest BCUT2D eigenvalue weighted by Gasteiger charge is -2.13. The number of rotatable bonds is 10. The molecule has 0 spiro atoms. The molecule has 158 valence electrons. The van der Waals surface area contributed by atoms with E-state index in [0.29, 0.717) is 11.6 Å². The topological polar surface area (TPSA) is 44.2 Å². The lowest BCUT2D eigenvalue weighted by molar-refractivity contribution is 0.155. The average molecular weight is 409 g/mol. The van der Waals surface area contributed by atoms with Gasteiger partial charge in [0.15, 0.2) is 5.82 Å². The van der Waals surface area contributed by atoms with Crippen molar-refractivity contribution in [2.45, 2.75) is 39.8 Å². The van der Waals surface area contributed by atoms with Gasteiger partial charge in [0.05, 0.1) is 6.61 Å². The normalized spacial score (nSPS) is 12.0. The number of alkyl halides is 1. The number of ether oxygens (including phenoxy) is 2. The lowest BCUT2D eigenvalue weighted by Crippen LogP contribution is -2.18. The van der Waals surface area contributed by atoms with E-state index in [0.717, 1.165) is 41.9 Å². The number of hydrogen-bond donors (Lipinski definition) is 0. The fourth-order valence-electron chi connectivity index (χ4n) is 2.77. The maximum absolute atomic E-state index is 13.7. The molecule has 1 heterocycles. The molecule has 0 saturated heterocycles. The minimum atomic E-state index is -0.975. The van der Waals surface area contributed by atoms with Crippen molar-refractivity contribution in [2.24, 2.45) is 5.92 Å². The largest absolute Gasteiger partial charge is 0.494 e. The highest BCUT2D eigenvalue weighted by atomic mass is 19.1. The summed E-state index contributed by atoms with van der Waals surface area (Å²) in [5, 5.41) is 0. The summed E-state index contributed by atoms with van der Waals surface area (Å²) in [5.74, 6) is 2.09. The monoisotopic (exact) mass is 408 g/mol. The van der Waals surface area contributed by atoms with Crippen LogP contribution in [0.4, 0.5) is 4.39 Å². The van der Waals surface area contributed by atoms with Crippen LogP contribution in [0.1, 0.15) is 33.6 Å². The Hall–Kier alpha value is -2.95. The van der Waals surface area contributed by atoms with Crippen molar-refractivity contribution in [3.8, 4) is 34.0 Å². The molecule has 1 unspecified atom stereocenters. The molecule has 0 saturated carbocycles. The van der Waals surface area contributed by atoms with Crippen LogP contribution in [-0.2, 0) is 0 Å². The van der Waals surface area contributed by atoms with Crippen LogP contribution < -0.4 is 9.47 Å². The third-order valence-electron chi connectivity index (χ3n) is 4.85. The first kappa shape index (κ1) is 21.8. The van der Waals surface area contributed by atoms with E-state index in [1.54, 1.807) is 0 Å². The third-order valence-corrected chi connectivity index (χ3v) is 4.85. The maximum atomic E-state index is 13.7. The van der Waals surface area contributed by atoms with Gasteiger partial charge in [-0.25, -0.2) is 14.4 Å². The number of aromatic nitrogens is 2. The molecule has 4 nitrogen and oxygen atoms in total. The SMILES string of the molecule is CCCCOc1ccc(-c2cnc(-c3ccc(OCC(F)C(C)C)cc3)nc2)cc1. The Bertz CT molecular complexity index is 894. The first-order valence-electron chi connectivity index (χ1n) is 10.5. The van der Waals surface area contributed by atoms with Crippen LogP contribution in [0.2, 0.25) is 0 Å². The molecule has 5 heteroatoms. The molecule has 1 atom stereocenters. The van der Waals surface area contributed by atoms with Gasteiger partial charge in [-0.3, -0.25) is 0 Å². The van der Waals surface area contributed by atoms with Gasteiger partial charge < -0.3 is 9.47 Å². The van der Waals surface area contributed by atoms with Gasteiger partial charge in [0.25, 0.3) is 0 Å². The molecule has 0 amide bonds. The van der Waals surface area contributed by atoms with Gasteiger partial charge in [-0.05, 0) is 54.3 Å². The second-order valence-corrected chi connectivity index (χ2v) is 7.62. The summed E-state index contributed by atoms with van der Waals surface area (Å²) in [4.78, 5) is 8.98. The van der Waals surface area contributed by atoms with E-state index in [1.165, 1.54) is 0 Å². The predicted molar refractivity (Wildman–Crippen MR) is 119 cm³/mol. The van der Waals surface area contributed by atoms with E-state index in [9.17, 15) is 4.39 Å². The number of halogens is 1. The van der Waals surface area contributed by atoms with E-state index in [4.69, 9.17) is 9.47 Å². The van der Waals surface area contributed by atoms with E-state index in [1.807, 2.05) is 74.8 Å². The Kier molecular flexibility index (Phi) is 7.77. The van der Waals surface area contributed by atoms with Crippen LogP contribution in [0, 0.1) is 5.92 Å². The molecule has 0 aliphatic carbocycles. The average Bonchev–Trinajstić information content (AvgIpc) is 2.78. The van der Waals surface area contributed by atoms with Gasteiger partial charge in [-0.15, -0.1) is 0 Å². The van der Waals surface area contributed by atoms with Gasteiger partial charge in [-0.1, -0.05) is 39.3 Å². The van der Waals surface area contributed by atoms with E-state index in [-0.39, 0.29) is 12.5 Å². The minimum absolute atomic E-state index is 0.0547. The first-order chi connectivity index (χ1) is 14.6. The Morgan fingerprint density at radius 3 is 1.93 bits per heavy atom. The summed E-state index contributed by atoms with van der Waals surface area (Å²) in [6, 6.07) is 15.4. The zero-order chi connectivity index (χ0) is 21.3. The van der Waals surface area contributed by atoms with Gasteiger partial charge >= 0.3 is 0 Å². The van der Waals surface area contributed by atoms with Crippen molar-refractivity contribution in [3.05, 3.63) is 60.9 Å². The molecule has 3 rings (SSSR count). The molecule has 30 heavy (non-hydrogen) atoms. The smallest absolute Gasteiger partial charge is 0.159 e. The molecule has 0 fully saturated rings. The summed E-state index contributed by atoms with van der Waals surface area (Å²) in [6.45, 7) is 6.63. The zero-order valence-corrected chi connectivity index (χ0v) is 17.8. The fraction of sp³-hybridized carbons (Fsp3) is 0.360. The molecular weight excluding hydrogens is 379 g/mol. The molecule has 0 aliphatic rings. The predicted octanol–water partition coefficient (Wildman–Crippen LogP) is 6.36. The van der Waals surface area contributed by atoms with Gasteiger partial charge in [0.2, 0.25) is 0 Å². The Morgan fingerprint density at radius 2 is 1.37 bits per heavy atom. The van der Waals surface area contributed by atoms with E-state index < -0.39 is 6.17 Å². The Labute approximate surface area is 178 Å². The second kappa shape index (κ2) is 10.7. The highest BCUT2D eigenvalue weighted by Crippen LogP contribution is 2.24. The molecule has 3 aromatic rings. The zero-order valence-electron chi connectivity index (χ0n) is 17.8. The van der Waals surface area contributed by atoms with Crippen LogP contribution in [0.25, 0.3) is 22.5 Å². The van der Waals surface area contributed by atoms with Gasteiger partial charge in [0.1, 0.15) is 24.3 Å². The maximum Gasteiger partial charge on any atom is 0.159 e. The molecule has 0 N–H and O–H groups in total. The third kappa shape index (κ3) is 6.02. The second-order valence-electron chi connectivity index (χ2n) is 7.62. The summed E-state index contributed by atoms with van der Waals surface area (Å²) in [6.07, 6.45) is 4.83. The van der Waals surface area contributed by atoms with E-state index in [2.05, 4.69) is 16.9 Å². The van der Waals surface area contributed by atoms with Crippen molar-refractivity contribution in [2.75, 3.05) is 13.2 Å². The number of hydrogen-bond acceptors (Lipinski definition) is 4. The summed E-state index contributed by atoms with van der Waals surface area (Å²) in [7, 11) is 0. The fourth-order valence-corrected chi connectivity index (χ4v) is 2.77. The molecule has 0 radical (unpaired) electrons. The van der Waals surface area contributed by atoms with Crippen molar-refractivity contribution < 1.29 is 13.9 Å². The number of benzene rings is 2. The van der Waals surface area contributed by atoms with Crippen LogP contribution in [-0.4, -0.2) is 29.4 Å². The van der Waals surface area contributed by atoms with Crippen molar-refractivity contribution in [1.29, 1.82) is 0 Å². The van der Waals surface area contributed by atoms with Crippen molar-refractivity contribution in [1.82, 2.24) is 9.97 Å². The van der Waals surface area contributed by atoms with Crippen LogP contribution in [0.5, 0.6) is 11.5 Å².